The number of fused-ring (bicyclic) bond motifs is 1. The molecular formula is C11H13F2NO. The van der Waals surface area contributed by atoms with Gasteiger partial charge in [-0.25, -0.2) is 8.78 Å². The van der Waals surface area contributed by atoms with E-state index in [0.29, 0.717) is 13.0 Å². The van der Waals surface area contributed by atoms with Crippen molar-refractivity contribution in [2.45, 2.75) is 25.4 Å². The van der Waals surface area contributed by atoms with Crippen LogP contribution in [-0.4, -0.2) is 17.8 Å². The summed E-state index contributed by atoms with van der Waals surface area (Å²) >= 11 is 0. The normalized spacial score (nSPS) is 20.4. The van der Waals surface area contributed by atoms with E-state index in [-0.39, 0.29) is 18.2 Å². The van der Waals surface area contributed by atoms with E-state index < -0.39 is 6.43 Å². The minimum atomic E-state index is -2.41. The largest absolute Gasteiger partial charge is 0.395 e. The Morgan fingerprint density at radius 3 is 2.87 bits per heavy atom. The van der Waals surface area contributed by atoms with Crippen molar-refractivity contribution in [1.82, 2.24) is 5.32 Å². The highest BCUT2D eigenvalue weighted by Crippen LogP contribution is 2.24. The molecule has 0 amide bonds. The molecule has 0 unspecified atom stereocenters. The summed E-state index contributed by atoms with van der Waals surface area (Å²) in [5, 5.41) is 12.1. The fourth-order valence-corrected chi connectivity index (χ4v) is 1.87. The Morgan fingerprint density at radius 1 is 1.40 bits per heavy atom. The first-order chi connectivity index (χ1) is 7.20. The van der Waals surface area contributed by atoms with Gasteiger partial charge < -0.3 is 10.4 Å². The summed E-state index contributed by atoms with van der Waals surface area (Å²) in [5.41, 5.74) is 2.03. The lowest BCUT2D eigenvalue weighted by molar-refractivity contribution is 0.151. The van der Waals surface area contributed by atoms with Crippen LogP contribution in [0.5, 0.6) is 0 Å². The lowest BCUT2D eigenvalue weighted by Crippen LogP contribution is -2.38. The molecule has 4 heteroatoms. The van der Waals surface area contributed by atoms with Gasteiger partial charge in [-0.15, -0.1) is 0 Å². The van der Waals surface area contributed by atoms with Crippen LogP contribution in [0.2, 0.25) is 0 Å². The first-order valence-corrected chi connectivity index (χ1v) is 4.95. The molecule has 1 aromatic carbocycles. The van der Waals surface area contributed by atoms with Crippen molar-refractivity contribution >= 4 is 0 Å². The SMILES string of the molecule is OC[C@@H]1Cc2ccc(C(F)F)cc2CN1. The minimum Gasteiger partial charge on any atom is -0.395 e. The molecule has 0 bridgehead atoms. The van der Waals surface area contributed by atoms with E-state index in [1.165, 1.54) is 6.07 Å². The third kappa shape index (κ3) is 2.16. The molecule has 2 N–H and O–H groups in total. The zero-order valence-corrected chi connectivity index (χ0v) is 8.21. The summed E-state index contributed by atoms with van der Waals surface area (Å²) in [6, 6.07) is 4.79. The quantitative estimate of drug-likeness (QED) is 0.782. The molecule has 1 aliphatic heterocycles. The van der Waals surface area contributed by atoms with Crippen molar-refractivity contribution in [3.8, 4) is 0 Å². The van der Waals surface area contributed by atoms with E-state index in [1.807, 2.05) is 0 Å². The van der Waals surface area contributed by atoms with Crippen LogP contribution < -0.4 is 5.32 Å². The lowest BCUT2D eigenvalue weighted by Gasteiger charge is -2.25. The molecule has 0 saturated heterocycles. The number of aliphatic hydroxyl groups excluding tert-OH is 1. The number of rotatable bonds is 2. The summed E-state index contributed by atoms with van der Waals surface area (Å²) in [5.74, 6) is 0. The van der Waals surface area contributed by atoms with Gasteiger partial charge in [0, 0.05) is 18.2 Å². The maximum Gasteiger partial charge on any atom is 0.263 e. The molecule has 0 fully saturated rings. The van der Waals surface area contributed by atoms with Crippen LogP contribution in [0.1, 0.15) is 23.1 Å². The van der Waals surface area contributed by atoms with Crippen LogP contribution in [-0.2, 0) is 13.0 Å². The molecule has 1 atom stereocenters. The standard InChI is InChI=1S/C11H13F2NO/c12-11(13)8-2-1-7-4-10(6-15)14-5-9(7)3-8/h1-3,10-11,14-15H,4-6H2/t10-/m0/s1. The predicted molar refractivity (Wildman–Crippen MR) is 52.8 cm³/mol. The van der Waals surface area contributed by atoms with Crippen LogP contribution in [0, 0.1) is 0 Å². The molecule has 1 aromatic rings. The summed E-state index contributed by atoms with van der Waals surface area (Å²) in [6.07, 6.45) is -1.71. The monoisotopic (exact) mass is 213 g/mol. The lowest BCUT2D eigenvalue weighted by atomic mass is 9.94. The number of aliphatic hydroxyl groups is 1. The molecule has 1 heterocycles. The Hall–Kier alpha value is -1.00. The van der Waals surface area contributed by atoms with Gasteiger partial charge in [0.25, 0.3) is 6.43 Å². The molecule has 0 saturated carbocycles. The molecule has 0 spiro atoms. The third-order valence-electron chi connectivity index (χ3n) is 2.75. The highest BCUT2D eigenvalue weighted by molar-refractivity contribution is 5.34. The zero-order valence-electron chi connectivity index (χ0n) is 8.21. The first kappa shape index (κ1) is 10.5. The Morgan fingerprint density at radius 2 is 2.20 bits per heavy atom. The molecule has 1 aliphatic rings. The van der Waals surface area contributed by atoms with Gasteiger partial charge in [-0.05, 0) is 23.6 Å². The molecule has 82 valence electrons. The Labute approximate surface area is 86.9 Å². The van der Waals surface area contributed by atoms with E-state index in [9.17, 15) is 8.78 Å². The van der Waals surface area contributed by atoms with E-state index >= 15 is 0 Å². The van der Waals surface area contributed by atoms with E-state index in [2.05, 4.69) is 5.32 Å². The van der Waals surface area contributed by atoms with Crippen molar-refractivity contribution in [1.29, 1.82) is 0 Å². The van der Waals surface area contributed by atoms with E-state index in [1.54, 1.807) is 12.1 Å². The molecular weight excluding hydrogens is 200 g/mol. The first-order valence-electron chi connectivity index (χ1n) is 4.95. The van der Waals surface area contributed by atoms with Gasteiger partial charge in [0.05, 0.1) is 6.61 Å². The molecule has 15 heavy (non-hydrogen) atoms. The second-order valence-corrected chi connectivity index (χ2v) is 3.79. The Balaban J connectivity index is 2.24. The maximum atomic E-state index is 12.4. The summed E-state index contributed by atoms with van der Waals surface area (Å²) < 4.78 is 24.8. The second-order valence-electron chi connectivity index (χ2n) is 3.79. The summed E-state index contributed by atoms with van der Waals surface area (Å²) in [6.45, 7) is 0.636. The van der Waals surface area contributed by atoms with Gasteiger partial charge in [-0.1, -0.05) is 12.1 Å². The number of hydrogen-bond donors (Lipinski definition) is 2. The van der Waals surface area contributed by atoms with E-state index in [0.717, 1.165) is 11.1 Å². The van der Waals surface area contributed by atoms with Gasteiger partial charge in [0.2, 0.25) is 0 Å². The number of alkyl halides is 2. The Kier molecular flexibility index (Phi) is 2.98. The predicted octanol–water partition coefficient (Wildman–Crippen LogP) is 1.63. The molecule has 2 nitrogen and oxygen atoms in total. The van der Waals surface area contributed by atoms with Crippen molar-refractivity contribution in [2.75, 3.05) is 6.61 Å². The van der Waals surface area contributed by atoms with Crippen LogP contribution in [0.25, 0.3) is 0 Å². The van der Waals surface area contributed by atoms with Gasteiger partial charge in [0.15, 0.2) is 0 Å². The highest BCUT2D eigenvalue weighted by Gasteiger charge is 2.18. The molecule has 0 radical (unpaired) electrons. The molecule has 2 rings (SSSR count). The Bertz CT molecular complexity index is 354. The average Bonchev–Trinajstić information content (AvgIpc) is 2.27. The fraction of sp³-hybridized carbons (Fsp3) is 0.455. The van der Waals surface area contributed by atoms with Crippen molar-refractivity contribution in [2.24, 2.45) is 0 Å². The van der Waals surface area contributed by atoms with Gasteiger partial charge in [-0.2, -0.15) is 0 Å². The number of halogens is 2. The van der Waals surface area contributed by atoms with Gasteiger partial charge in [-0.3, -0.25) is 0 Å². The third-order valence-corrected chi connectivity index (χ3v) is 2.75. The van der Waals surface area contributed by atoms with Crippen molar-refractivity contribution in [3.05, 3.63) is 34.9 Å². The van der Waals surface area contributed by atoms with Crippen molar-refractivity contribution < 1.29 is 13.9 Å². The summed E-state index contributed by atoms with van der Waals surface area (Å²) in [7, 11) is 0. The van der Waals surface area contributed by atoms with Crippen LogP contribution in [0.4, 0.5) is 8.78 Å². The number of benzene rings is 1. The number of hydrogen-bond acceptors (Lipinski definition) is 2. The van der Waals surface area contributed by atoms with Crippen molar-refractivity contribution in [3.63, 3.8) is 0 Å². The fourth-order valence-electron chi connectivity index (χ4n) is 1.87. The smallest absolute Gasteiger partial charge is 0.263 e. The maximum absolute atomic E-state index is 12.4. The molecule has 0 aliphatic carbocycles. The number of nitrogens with one attached hydrogen (secondary N) is 1. The zero-order chi connectivity index (χ0) is 10.8. The topological polar surface area (TPSA) is 32.3 Å². The second kappa shape index (κ2) is 4.24. The summed E-state index contributed by atoms with van der Waals surface area (Å²) in [4.78, 5) is 0. The van der Waals surface area contributed by atoms with E-state index in [4.69, 9.17) is 5.11 Å². The van der Waals surface area contributed by atoms with Crippen LogP contribution >= 0.6 is 0 Å². The average molecular weight is 213 g/mol. The van der Waals surface area contributed by atoms with Crippen LogP contribution in [0.15, 0.2) is 18.2 Å². The van der Waals surface area contributed by atoms with Gasteiger partial charge >= 0.3 is 0 Å². The highest BCUT2D eigenvalue weighted by atomic mass is 19.3. The van der Waals surface area contributed by atoms with Crippen LogP contribution in [0.3, 0.4) is 0 Å². The van der Waals surface area contributed by atoms with Gasteiger partial charge in [0.1, 0.15) is 0 Å². The molecule has 0 aromatic heterocycles. The minimum absolute atomic E-state index is 0.0508.